The Balaban J connectivity index is 1.79. The highest BCUT2D eigenvalue weighted by atomic mass is 35.5. The number of thioether (sulfide) groups is 1. The largest absolute Gasteiger partial charge is 0.410 e. The van der Waals surface area contributed by atoms with Gasteiger partial charge in [-0.1, -0.05) is 82.6 Å². The fourth-order valence-corrected chi connectivity index (χ4v) is 6.04. The molecule has 3 aromatic rings. The van der Waals surface area contributed by atoms with Crippen molar-refractivity contribution in [2.45, 2.75) is 24.7 Å². The lowest BCUT2D eigenvalue weighted by molar-refractivity contribution is -0.120. The quantitative estimate of drug-likeness (QED) is 0.384. The van der Waals surface area contributed by atoms with Gasteiger partial charge in [0.1, 0.15) is 10.5 Å². The minimum absolute atomic E-state index is 0.0677. The fraction of sp³-hybridized carbons (Fsp3) is 0.160. The summed E-state index contributed by atoms with van der Waals surface area (Å²) >= 11 is 7.32. The van der Waals surface area contributed by atoms with Gasteiger partial charge in [0.15, 0.2) is 5.78 Å². The Labute approximate surface area is 189 Å². The van der Waals surface area contributed by atoms with Gasteiger partial charge in [0.2, 0.25) is 0 Å². The summed E-state index contributed by atoms with van der Waals surface area (Å²) in [6.45, 7) is 2.02. The average Bonchev–Trinajstić information content (AvgIpc) is 3.26. The van der Waals surface area contributed by atoms with Crippen LogP contribution in [-0.2, 0) is 16.6 Å². The van der Waals surface area contributed by atoms with E-state index in [1.54, 1.807) is 12.1 Å². The molecule has 4 nitrogen and oxygen atoms in total. The van der Waals surface area contributed by atoms with Gasteiger partial charge in [-0.15, -0.1) is 0 Å². The van der Waals surface area contributed by atoms with Gasteiger partial charge in [-0.25, -0.2) is 4.99 Å². The zero-order chi connectivity index (χ0) is 21.6. The highest BCUT2D eigenvalue weighted by Crippen LogP contribution is 2.57. The van der Waals surface area contributed by atoms with E-state index in [0.717, 1.165) is 22.3 Å². The molecule has 0 aromatic heterocycles. The standard InChI is InChI=1S/C25H19ClN2O2S/c1-15-6-8-16(9-7-15)22-23(28-30)31-24(27-19-12-10-18(26)11-13-19)25(22)20-5-3-2-4-17(20)14-21(25)29/h2-13,22,30H,14H2,1H3/b27-24?,28-23+. The zero-order valence-corrected chi connectivity index (χ0v) is 18.3. The van der Waals surface area contributed by atoms with E-state index in [9.17, 15) is 10.0 Å². The van der Waals surface area contributed by atoms with Crippen molar-refractivity contribution in [1.29, 1.82) is 0 Å². The number of carbonyl (C=O) groups is 1. The number of benzene rings is 3. The van der Waals surface area contributed by atoms with Crippen molar-refractivity contribution >= 4 is 44.9 Å². The van der Waals surface area contributed by atoms with Crippen LogP contribution in [0.25, 0.3) is 0 Å². The summed E-state index contributed by atoms with van der Waals surface area (Å²) in [5.41, 5.74) is 3.66. The minimum atomic E-state index is -1.02. The molecule has 1 N–H and O–H groups in total. The Morgan fingerprint density at radius 2 is 1.74 bits per heavy atom. The molecule has 0 radical (unpaired) electrons. The first-order valence-corrected chi connectivity index (χ1v) is 11.2. The smallest absolute Gasteiger partial charge is 0.155 e. The molecule has 1 spiro atoms. The van der Waals surface area contributed by atoms with Crippen molar-refractivity contribution in [2.24, 2.45) is 10.1 Å². The van der Waals surface area contributed by atoms with E-state index in [-0.39, 0.29) is 5.78 Å². The van der Waals surface area contributed by atoms with Crippen LogP contribution in [0.3, 0.4) is 0 Å². The maximum absolute atomic E-state index is 13.8. The van der Waals surface area contributed by atoms with Crippen molar-refractivity contribution in [1.82, 2.24) is 0 Å². The molecule has 2 aliphatic rings. The first-order valence-electron chi connectivity index (χ1n) is 9.97. The van der Waals surface area contributed by atoms with Crippen LogP contribution in [0.5, 0.6) is 0 Å². The lowest BCUT2D eigenvalue weighted by Crippen LogP contribution is -2.42. The SMILES string of the molecule is Cc1ccc(C2/C(=N\O)SC(=Nc3ccc(Cl)cc3)C23C(=O)Cc2ccccc23)cc1. The summed E-state index contributed by atoms with van der Waals surface area (Å²) in [6.07, 6.45) is 0.331. The Bertz CT molecular complexity index is 1240. The summed E-state index contributed by atoms with van der Waals surface area (Å²) in [5, 5.41) is 15.3. The molecule has 1 heterocycles. The van der Waals surface area contributed by atoms with Crippen molar-refractivity contribution in [3.8, 4) is 0 Å². The van der Waals surface area contributed by atoms with Crippen LogP contribution in [0.15, 0.2) is 82.9 Å². The maximum atomic E-state index is 13.8. The van der Waals surface area contributed by atoms with E-state index in [1.807, 2.05) is 67.6 Å². The van der Waals surface area contributed by atoms with E-state index >= 15 is 0 Å². The molecule has 0 amide bonds. The second-order valence-electron chi connectivity index (χ2n) is 7.84. The molecule has 2 atom stereocenters. The number of aryl methyl sites for hydroxylation is 1. The normalized spacial score (nSPS) is 25.0. The first-order chi connectivity index (χ1) is 15.0. The van der Waals surface area contributed by atoms with E-state index < -0.39 is 11.3 Å². The molecular weight excluding hydrogens is 428 g/mol. The second kappa shape index (κ2) is 7.66. The molecule has 6 heteroatoms. The molecule has 1 aliphatic heterocycles. The number of nitrogens with zero attached hydrogens (tertiary/aromatic N) is 2. The van der Waals surface area contributed by atoms with Crippen LogP contribution in [0.4, 0.5) is 5.69 Å². The number of carbonyl (C=O) groups excluding carboxylic acids is 1. The first kappa shape index (κ1) is 20.0. The van der Waals surface area contributed by atoms with Crippen LogP contribution in [0.1, 0.15) is 28.2 Å². The predicted molar refractivity (Wildman–Crippen MR) is 126 cm³/mol. The molecule has 154 valence electrons. The highest BCUT2D eigenvalue weighted by Gasteiger charge is 2.62. The number of rotatable bonds is 2. The van der Waals surface area contributed by atoms with Gasteiger partial charge in [0.25, 0.3) is 0 Å². The summed E-state index contributed by atoms with van der Waals surface area (Å²) in [6, 6.07) is 23.1. The van der Waals surface area contributed by atoms with Crippen molar-refractivity contribution in [2.75, 3.05) is 0 Å². The monoisotopic (exact) mass is 446 g/mol. The Hall–Kier alpha value is -2.89. The zero-order valence-electron chi connectivity index (χ0n) is 16.7. The van der Waals surface area contributed by atoms with Gasteiger partial charge in [-0.05, 0) is 47.9 Å². The Kier molecular flexibility index (Phi) is 4.95. The lowest BCUT2D eigenvalue weighted by atomic mass is 9.68. The summed E-state index contributed by atoms with van der Waals surface area (Å²) in [5.74, 6) is -0.372. The van der Waals surface area contributed by atoms with Crippen LogP contribution in [0, 0.1) is 6.92 Å². The molecule has 31 heavy (non-hydrogen) atoms. The Morgan fingerprint density at radius 1 is 1.03 bits per heavy atom. The average molecular weight is 447 g/mol. The Morgan fingerprint density at radius 3 is 2.45 bits per heavy atom. The summed E-state index contributed by atoms with van der Waals surface area (Å²) < 4.78 is 0. The van der Waals surface area contributed by atoms with E-state index in [1.165, 1.54) is 11.8 Å². The fourth-order valence-electron chi connectivity index (χ4n) is 4.59. The molecule has 0 saturated carbocycles. The summed E-state index contributed by atoms with van der Waals surface area (Å²) in [7, 11) is 0. The van der Waals surface area contributed by atoms with Crippen molar-refractivity contribution < 1.29 is 10.0 Å². The molecule has 1 saturated heterocycles. The van der Waals surface area contributed by atoms with Crippen LogP contribution in [-0.4, -0.2) is 21.1 Å². The van der Waals surface area contributed by atoms with E-state index in [4.69, 9.17) is 16.6 Å². The van der Waals surface area contributed by atoms with Gasteiger partial charge < -0.3 is 5.21 Å². The van der Waals surface area contributed by atoms with Crippen LogP contribution < -0.4 is 0 Å². The molecule has 5 rings (SSSR count). The number of halogens is 1. The number of Topliss-reactive ketones (excluding diaryl/α,β-unsaturated/α-hetero) is 1. The topological polar surface area (TPSA) is 62.0 Å². The molecule has 3 aromatic carbocycles. The highest BCUT2D eigenvalue weighted by molar-refractivity contribution is 8.27. The van der Waals surface area contributed by atoms with Crippen molar-refractivity contribution in [3.63, 3.8) is 0 Å². The van der Waals surface area contributed by atoms with E-state index in [0.29, 0.717) is 27.2 Å². The number of hydrogen-bond acceptors (Lipinski definition) is 5. The van der Waals surface area contributed by atoms with Crippen LogP contribution in [0.2, 0.25) is 5.02 Å². The predicted octanol–water partition coefficient (Wildman–Crippen LogP) is 6.06. The van der Waals surface area contributed by atoms with Gasteiger partial charge >= 0.3 is 0 Å². The molecule has 0 bridgehead atoms. The molecule has 2 unspecified atom stereocenters. The number of fused-ring (bicyclic) bond motifs is 2. The molecular formula is C25H19ClN2O2S. The second-order valence-corrected chi connectivity index (χ2v) is 9.29. The molecule has 1 fully saturated rings. The minimum Gasteiger partial charge on any atom is -0.410 e. The maximum Gasteiger partial charge on any atom is 0.155 e. The third-order valence-corrected chi connectivity index (χ3v) is 7.40. The van der Waals surface area contributed by atoms with Crippen LogP contribution >= 0.6 is 23.4 Å². The number of hydrogen-bond donors (Lipinski definition) is 1. The van der Waals surface area contributed by atoms with Crippen molar-refractivity contribution in [3.05, 3.63) is 100 Å². The van der Waals surface area contributed by atoms with E-state index in [2.05, 4.69) is 5.16 Å². The van der Waals surface area contributed by atoms with Gasteiger partial charge in [-0.2, -0.15) is 0 Å². The lowest BCUT2D eigenvalue weighted by Gasteiger charge is -2.30. The number of oxime groups is 1. The third kappa shape index (κ3) is 3.11. The van der Waals surface area contributed by atoms with Gasteiger partial charge in [-0.3, -0.25) is 4.79 Å². The number of ketones is 1. The van der Waals surface area contributed by atoms with Gasteiger partial charge in [0, 0.05) is 11.4 Å². The van der Waals surface area contributed by atoms with Gasteiger partial charge in [0.05, 0.1) is 16.6 Å². The molecule has 1 aliphatic carbocycles. The third-order valence-electron chi connectivity index (χ3n) is 6.02. The number of aliphatic imine (C=N–C) groups is 1. The summed E-state index contributed by atoms with van der Waals surface area (Å²) in [4.78, 5) is 18.7.